The van der Waals surface area contributed by atoms with Gasteiger partial charge < -0.3 is 19.1 Å². The van der Waals surface area contributed by atoms with Gasteiger partial charge in [-0.05, 0) is 93.9 Å². The van der Waals surface area contributed by atoms with Crippen molar-refractivity contribution >= 4 is 6.09 Å². The minimum Gasteiger partial charge on any atom is -0.492 e. The number of aromatic nitrogens is 2. The molecule has 5 rings (SSSR count). The number of amides is 1. The Hall–Kier alpha value is -4.50. The molecule has 1 amide bonds. The van der Waals surface area contributed by atoms with Gasteiger partial charge in [0.25, 0.3) is 0 Å². The van der Waals surface area contributed by atoms with Crippen molar-refractivity contribution in [2.45, 2.75) is 32.8 Å². The van der Waals surface area contributed by atoms with Crippen LogP contribution in [0.1, 0.15) is 26.7 Å². The van der Waals surface area contributed by atoms with Gasteiger partial charge >= 0.3 is 11.8 Å². The van der Waals surface area contributed by atoms with Crippen LogP contribution in [-0.4, -0.2) is 70.5 Å². The quantitative estimate of drug-likeness (QED) is 0.229. The van der Waals surface area contributed by atoms with E-state index in [4.69, 9.17) is 14.2 Å². The Morgan fingerprint density at radius 3 is 2.05 bits per heavy atom. The Bertz CT molecular complexity index is 1480. The summed E-state index contributed by atoms with van der Waals surface area (Å²) >= 11 is 0. The van der Waals surface area contributed by atoms with E-state index in [-0.39, 0.29) is 17.9 Å². The lowest BCUT2D eigenvalue weighted by Gasteiger charge is -2.33. The predicted octanol–water partition coefficient (Wildman–Crippen LogP) is 5.74. The summed E-state index contributed by atoms with van der Waals surface area (Å²) in [4.78, 5) is 29.5. The standard InChI is InChI=1S/C33H38N4O5/c1-3-35(4-2)33(39)42-31-11-8-20-34(25-31)23-24-40-28-16-12-26(13-17-28)36-21-22-37(32(36)38)27-14-18-30(19-15-27)41-29-9-6-5-7-10-29/h5-7,9-10,12-19,21-22,31H,3-4,8,11,20,23-25H2,1-2H3. The summed E-state index contributed by atoms with van der Waals surface area (Å²) in [5.74, 6) is 2.20. The lowest BCUT2D eigenvalue weighted by atomic mass is 10.1. The first-order chi connectivity index (χ1) is 20.5. The molecule has 1 unspecified atom stereocenters. The summed E-state index contributed by atoms with van der Waals surface area (Å²) < 4.78 is 20.8. The van der Waals surface area contributed by atoms with Gasteiger partial charge in [0, 0.05) is 38.6 Å². The Labute approximate surface area is 246 Å². The summed E-state index contributed by atoms with van der Waals surface area (Å²) in [6.07, 6.45) is 5.07. The summed E-state index contributed by atoms with van der Waals surface area (Å²) in [5.41, 5.74) is 1.34. The van der Waals surface area contributed by atoms with Crippen LogP contribution in [0, 0.1) is 0 Å². The van der Waals surface area contributed by atoms with Gasteiger partial charge in [0.1, 0.15) is 30.0 Å². The summed E-state index contributed by atoms with van der Waals surface area (Å²) in [7, 11) is 0. The van der Waals surface area contributed by atoms with Crippen molar-refractivity contribution in [2.24, 2.45) is 0 Å². The smallest absolute Gasteiger partial charge is 0.410 e. The first kappa shape index (κ1) is 29.0. The van der Waals surface area contributed by atoms with Crippen molar-refractivity contribution in [1.82, 2.24) is 18.9 Å². The average molecular weight is 571 g/mol. The number of hydrogen-bond acceptors (Lipinski definition) is 6. The van der Waals surface area contributed by atoms with Crippen LogP contribution in [0.2, 0.25) is 0 Å². The van der Waals surface area contributed by atoms with Gasteiger partial charge in [0.05, 0.1) is 11.4 Å². The summed E-state index contributed by atoms with van der Waals surface area (Å²) in [6.45, 7) is 8.17. The topological polar surface area (TPSA) is 78.2 Å². The van der Waals surface area contributed by atoms with Gasteiger partial charge in [0.15, 0.2) is 0 Å². The molecule has 1 aliphatic heterocycles. The first-order valence-electron chi connectivity index (χ1n) is 14.6. The Kier molecular flexibility index (Phi) is 9.61. The van der Waals surface area contributed by atoms with E-state index in [0.29, 0.717) is 25.4 Å². The fraction of sp³-hybridized carbons (Fsp3) is 0.333. The number of carbonyl (C=O) groups excluding carboxylic acids is 1. The highest BCUT2D eigenvalue weighted by Gasteiger charge is 2.24. The van der Waals surface area contributed by atoms with Crippen LogP contribution in [-0.2, 0) is 4.74 Å². The zero-order valence-corrected chi connectivity index (χ0v) is 24.2. The number of ether oxygens (including phenoxy) is 3. The molecule has 0 bridgehead atoms. The number of nitrogens with zero attached hydrogens (tertiary/aromatic N) is 4. The third-order valence-corrected chi connectivity index (χ3v) is 7.41. The molecular formula is C33H38N4O5. The minimum atomic E-state index is -0.232. The average Bonchev–Trinajstić information content (AvgIpc) is 3.40. The number of rotatable bonds is 11. The number of para-hydroxylation sites is 1. The predicted molar refractivity (Wildman–Crippen MR) is 162 cm³/mol. The molecule has 0 saturated carbocycles. The van der Waals surface area contributed by atoms with E-state index in [0.717, 1.165) is 55.3 Å². The highest BCUT2D eigenvalue weighted by atomic mass is 16.6. The van der Waals surface area contributed by atoms with E-state index < -0.39 is 0 Å². The van der Waals surface area contributed by atoms with Gasteiger partial charge in [-0.25, -0.2) is 9.59 Å². The molecule has 2 heterocycles. The van der Waals surface area contributed by atoms with Crippen LogP contribution < -0.4 is 15.2 Å². The number of likely N-dealkylation sites (tertiary alicyclic amines) is 1. The number of piperidine rings is 1. The number of imidazole rings is 1. The highest BCUT2D eigenvalue weighted by Crippen LogP contribution is 2.22. The third-order valence-electron chi connectivity index (χ3n) is 7.41. The second kappa shape index (κ2) is 13.9. The molecule has 4 aromatic rings. The van der Waals surface area contributed by atoms with Crippen LogP contribution in [0.4, 0.5) is 4.79 Å². The normalized spacial score (nSPS) is 15.2. The van der Waals surface area contributed by atoms with Crippen molar-refractivity contribution in [1.29, 1.82) is 0 Å². The zero-order valence-electron chi connectivity index (χ0n) is 24.2. The van der Waals surface area contributed by atoms with Crippen LogP contribution in [0.5, 0.6) is 17.2 Å². The van der Waals surface area contributed by atoms with Crippen molar-refractivity contribution in [3.63, 3.8) is 0 Å². The molecule has 9 heteroatoms. The first-order valence-corrected chi connectivity index (χ1v) is 14.6. The highest BCUT2D eigenvalue weighted by molar-refractivity contribution is 5.67. The Morgan fingerprint density at radius 1 is 0.833 bits per heavy atom. The summed E-state index contributed by atoms with van der Waals surface area (Å²) in [6, 6.07) is 24.5. The van der Waals surface area contributed by atoms with E-state index in [1.54, 1.807) is 26.4 Å². The molecule has 1 aromatic heterocycles. The molecule has 1 fully saturated rings. The van der Waals surface area contributed by atoms with Crippen molar-refractivity contribution in [3.8, 4) is 28.6 Å². The monoisotopic (exact) mass is 570 g/mol. The van der Waals surface area contributed by atoms with Crippen LogP contribution in [0.25, 0.3) is 11.4 Å². The molecule has 9 nitrogen and oxygen atoms in total. The molecule has 1 aliphatic rings. The maximum absolute atomic E-state index is 13.2. The van der Waals surface area contributed by atoms with E-state index in [1.807, 2.05) is 92.7 Å². The number of hydrogen-bond donors (Lipinski definition) is 0. The zero-order chi connectivity index (χ0) is 29.3. The maximum Gasteiger partial charge on any atom is 0.410 e. The molecule has 0 N–H and O–H groups in total. The van der Waals surface area contributed by atoms with E-state index in [1.165, 1.54) is 0 Å². The minimum absolute atomic E-state index is 0.0858. The van der Waals surface area contributed by atoms with Gasteiger partial charge in [-0.15, -0.1) is 0 Å². The molecule has 220 valence electrons. The molecule has 3 aromatic carbocycles. The van der Waals surface area contributed by atoms with Crippen LogP contribution in [0.15, 0.2) is 96.1 Å². The van der Waals surface area contributed by atoms with Crippen molar-refractivity contribution in [2.75, 3.05) is 39.3 Å². The third kappa shape index (κ3) is 7.22. The fourth-order valence-corrected chi connectivity index (χ4v) is 5.08. The number of carbonyl (C=O) groups is 1. The fourth-order valence-electron chi connectivity index (χ4n) is 5.08. The Morgan fingerprint density at radius 2 is 1.43 bits per heavy atom. The van der Waals surface area contributed by atoms with E-state index >= 15 is 0 Å². The van der Waals surface area contributed by atoms with Gasteiger partial charge in [-0.1, -0.05) is 18.2 Å². The van der Waals surface area contributed by atoms with Gasteiger partial charge in [-0.2, -0.15) is 0 Å². The van der Waals surface area contributed by atoms with Gasteiger partial charge in [-0.3, -0.25) is 14.0 Å². The molecule has 0 radical (unpaired) electrons. The molecule has 0 spiro atoms. The maximum atomic E-state index is 13.2. The molecule has 1 atom stereocenters. The lowest BCUT2D eigenvalue weighted by Crippen LogP contribution is -2.44. The van der Waals surface area contributed by atoms with Crippen molar-refractivity contribution in [3.05, 3.63) is 102 Å². The van der Waals surface area contributed by atoms with Crippen LogP contribution >= 0.6 is 0 Å². The largest absolute Gasteiger partial charge is 0.492 e. The molecule has 1 saturated heterocycles. The van der Waals surface area contributed by atoms with Crippen LogP contribution in [0.3, 0.4) is 0 Å². The molecule has 0 aliphatic carbocycles. The van der Waals surface area contributed by atoms with Crippen molar-refractivity contribution < 1.29 is 19.0 Å². The molecule has 42 heavy (non-hydrogen) atoms. The lowest BCUT2D eigenvalue weighted by molar-refractivity contribution is 0.0204. The van der Waals surface area contributed by atoms with E-state index in [2.05, 4.69) is 4.90 Å². The van der Waals surface area contributed by atoms with E-state index in [9.17, 15) is 9.59 Å². The second-order valence-electron chi connectivity index (χ2n) is 10.2. The SMILES string of the molecule is CCN(CC)C(=O)OC1CCCN(CCOc2ccc(-n3ccn(-c4ccc(Oc5ccccc5)cc4)c3=O)cc2)C1. The van der Waals surface area contributed by atoms with Gasteiger partial charge in [0.2, 0.25) is 0 Å². The Balaban J connectivity index is 1.12. The second-order valence-corrected chi connectivity index (χ2v) is 10.2. The molecular weight excluding hydrogens is 532 g/mol. The number of benzene rings is 3. The summed E-state index contributed by atoms with van der Waals surface area (Å²) in [5, 5.41) is 0.